The summed E-state index contributed by atoms with van der Waals surface area (Å²) in [6.07, 6.45) is 0. The summed E-state index contributed by atoms with van der Waals surface area (Å²) in [5.74, 6) is 0.327. The second kappa shape index (κ2) is 7.69. The van der Waals surface area contributed by atoms with Gasteiger partial charge < -0.3 is 14.2 Å². The molecule has 0 aliphatic heterocycles. The van der Waals surface area contributed by atoms with Crippen LogP contribution in [0.15, 0.2) is 73.4 Å². The molecule has 2 heterocycles. The van der Waals surface area contributed by atoms with Crippen molar-refractivity contribution in [1.82, 2.24) is 10.2 Å². The molecule has 0 spiro atoms. The molecule has 0 fully saturated rings. The lowest BCUT2D eigenvalue weighted by molar-refractivity contribution is -0.113. The largest absolute Gasteiger partial charge is 0.423 e. The first-order valence-electron chi connectivity index (χ1n) is 8.44. The Morgan fingerprint density at radius 3 is 2.68 bits per heavy atom. The van der Waals surface area contributed by atoms with E-state index in [0.29, 0.717) is 22.4 Å². The molecule has 140 valence electrons. The standard InChI is InChI=1S/C20H15N3O4S/c1-12-2-4-13(5-3-12)19-22-23-20(27-19)28-11-17(24)21-15-7-8-16-14(10-15)6-9-18(25)26-16/h2-10H,11H2,1H3,(H,21,24). The highest BCUT2D eigenvalue weighted by atomic mass is 32.2. The van der Waals surface area contributed by atoms with Gasteiger partial charge in [-0.1, -0.05) is 29.5 Å². The van der Waals surface area contributed by atoms with Crippen LogP contribution in [0.2, 0.25) is 0 Å². The van der Waals surface area contributed by atoms with Crippen LogP contribution in [0.5, 0.6) is 0 Å². The van der Waals surface area contributed by atoms with Gasteiger partial charge in [0, 0.05) is 22.7 Å². The van der Waals surface area contributed by atoms with E-state index in [1.165, 1.54) is 6.07 Å². The predicted molar refractivity (Wildman–Crippen MR) is 106 cm³/mol. The maximum Gasteiger partial charge on any atom is 0.336 e. The Morgan fingerprint density at radius 2 is 1.86 bits per heavy atom. The van der Waals surface area contributed by atoms with E-state index in [1.807, 2.05) is 31.2 Å². The van der Waals surface area contributed by atoms with Crippen molar-refractivity contribution >= 4 is 34.3 Å². The topological polar surface area (TPSA) is 98.2 Å². The zero-order valence-electron chi connectivity index (χ0n) is 14.8. The highest BCUT2D eigenvalue weighted by Crippen LogP contribution is 2.24. The number of carbonyl (C=O) groups is 1. The molecular formula is C20H15N3O4S. The van der Waals surface area contributed by atoms with Gasteiger partial charge in [-0.05, 0) is 43.3 Å². The van der Waals surface area contributed by atoms with Gasteiger partial charge in [0.05, 0.1) is 5.75 Å². The number of nitrogens with one attached hydrogen (secondary N) is 1. The number of fused-ring (bicyclic) bond motifs is 1. The van der Waals surface area contributed by atoms with Gasteiger partial charge in [-0.2, -0.15) is 0 Å². The van der Waals surface area contributed by atoms with E-state index in [1.54, 1.807) is 24.3 Å². The molecule has 0 aliphatic rings. The molecule has 0 saturated heterocycles. The molecule has 4 rings (SSSR count). The van der Waals surface area contributed by atoms with Crippen LogP contribution in [-0.2, 0) is 4.79 Å². The highest BCUT2D eigenvalue weighted by Gasteiger charge is 2.11. The van der Waals surface area contributed by atoms with E-state index in [2.05, 4.69) is 15.5 Å². The molecule has 8 heteroatoms. The Bertz CT molecular complexity index is 1200. The van der Waals surface area contributed by atoms with Crippen LogP contribution in [0.4, 0.5) is 5.69 Å². The Balaban J connectivity index is 1.37. The lowest BCUT2D eigenvalue weighted by Gasteiger charge is -2.05. The van der Waals surface area contributed by atoms with Crippen molar-refractivity contribution < 1.29 is 13.6 Å². The molecule has 2 aromatic carbocycles. The minimum atomic E-state index is -0.412. The van der Waals surface area contributed by atoms with Crippen LogP contribution in [0.3, 0.4) is 0 Å². The maximum absolute atomic E-state index is 12.2. The summed E-state index contributed by atoms with van der Waals surface area (Å²) in [4.78, 5) is 23.4. The summed E-state index contributed by atoms with van der Waals surface area (Å²) in [5.41, 5.74) is 2.64. The van der Waals surface area contributed by atoms with Crippen molar-refractivity contribution in [2.24, 2.45) is 0 Å². The van der Waals surface area contributed by atoms with Crippen LogP contribution < -0.4 is 10.9 Å². The van der Waals surface area contributed by atoms with Crippen LogP contribution in [0.1, 0.15) is 5.56 Å². The number of benzene rings is 2. The fraction of sp³-hybridized carbons (Fsp3) is 0.100. The third-order valence-electron chi connectivity index (χ3n) is 3.93. The minimum absolute atomic E-state index is 0.122. The van der Waals surface area contributed by atoms with E-state index >= 15 is 0 Å². The number of aromatic nitrogens is 2. The summed E-state index contributed by atoms with van der Waals surface area (Å²) < 4.78 is 10.7. The van der Waals surface area contributed by atoms with E-state index < -0.39 is 5.63 Å². The number of rotatable bonds is 5. The SMILES string of the molecule is Cc1ccc(-c2nnc(SCC(=O)Nc3ccc4oc(=O)ccc4c3)o2)cc1. The van der Waals surface area contributed by atoms with Gasteiger partial charge in [0.25, 0.3) is 5.22 Å². The molecule has 0 unspecified atom stereocenters. The lowest BCUT2D eigenvalue weighted by Crippen LogP contribution is -2.14. The van der Waals surface area contributed by atoms with Crippen molar-refractivity contribution in [3.8, 4) is 11.5 Å². The van der Waals surface area contributed by atoms with Crippen LogP contribution in [-0.4, -0.2) is 21.9 Å². The van der Waals surface area contributed by atoms with Crippen molar-refractivity contribution in [3.05, 3.63) is 70.6 Å². The first kappa shape index (κ1) is 18.0. The maximum atomic E-state index is 12.2. The molecular weight excluding hydrogens is 378 g/mol. The van der Waals surface area contributed by atoms with Crippen molar-refractivity contribution in [2.75, 3.05) is 11.1 Å². The van der Waals surface area contributed by atoms with E-state index in [0.717, 1.165) is 28.3 Å². The van der Waals surface area contributed by atoms with E-state index in [4.69, 9.17) is 8.83 Å². The van der Waals surface area contributed by atoms with Gasteiger partial charge in [0.15, 0.2) is 0 Å². The summed E-state index contributed by atoms with van der Waals surface area (Å²) in [6.45, 7) is 2.00. The molecule has 1 amide bonds. The number of hydrogen-bond acceptors (Lipinski definition) is 7. The normalized spacial score (nSPS) is 10.9. The molecule has 0 aliphatic carbocycles. The number of aryl methyl sites for hydroxylation is 1. The number of thioether (sulfide) groups is 1. The van der Waals surface area contributed by atoms with Crippen molar-refractivity contribution in [2.45, 2.75) is 12.1 Å². The van der Waals surface area contributed by atoms with Crippen LogP contribution in [0, 0.1) is 6.92 Å². The zero-order valence-corrected chi connectivity index (χ0v) is 15.7. The Hall–Kier alpha value is -3.39. The first-order chi connectivity index (χ1) is 13.6. The van der Waals surface area contributed by atoms with Gasteiger partial charge in [-0.3, -0.25) is 4.79 Å². The quantitative estimate of drug-likeness (QED) is 0.406. The first-order valence-corrected chi connectivity index (χ1v) is 9.42. The van der Waals surface area contributed by atoms with Crippen LogP contribution in [0.25, 0.3) is 22.4 Å². The Kier molecular flexibility index (Phi) is 4.94. The zero-order chi connectivity index (χ0) is 19.5. The van der Waals surface area contributed by atoms with Gasteiger partial charge in [0.2, 0.25) is 11.8 Å². The third kappa shape index (κ3) is 4.12. The molecule has 1 N–H and O–H groups in total. The molecule has 2 aromatic heterocycles. The second-order valence-corrected chi connectivity index (χ2v) is 7.01. The number of nitrogens with zero attached hydrogens (tertiary/aromatic N) is 2. The molecule has 0 saturated carbocycles. The summed E-state index contributed by atoms with van der Waals surface area (Å²) in [7, 11) is 0. The van der Waals surface area contributed by atoms with Gasteiger partial charge in [-0.25, -0.2) is 4.79 Å². The highest BCUT2D eigenvalue weighted by molar-refractivity contribution is 7.99. The van der Waals surface area contributed by atoms with Crippen molar-refractivity contribution in [3.63, 3.8) is 0 Å². The lowest BCUT2D eigenvalue weighted by atomic mass is 10.1. The third-order valence-corrected chi connectivity index (χ3v) is 4.75. The number of amides is 1. The molecule has 0 radical (unpaired) electrons. The molecule has 4 aromatic rings. The number of hydrogen-bond donors (Lipinski definition) is 1. The van der Waals surface area contributed by atoms with Crippen LogP contribution >= 0.6 is 11.8 Å². The summed E-state index contributed by atoms with van der Waals surface area (Å²) in [6, 6.07) is 15.8. The Labute approximate surface area is 163 Å². The number of anilines is 1. The fourth-order valence-corrected chi connectivity index (χ4v) is 3.12. The van der Waals surface area contributed by atoms with E-state index in [-0.39, 0.29) is 11.7 Å². The van der Waals surface area contributed by atoms with E-state index in [9.17, 15) is 9.59 Å². The average Bonchev–Trinajstić information content (AvgIpc) is 3.16. The molecule has 0 atom stereocenters. The predicted octanol–water partition coefficient (Wildman–Crippen LogP) is 3.88. The molecule has 7 nitrogen and oxygen atoms in total. The second-order valence-electron chi connectivity index (χ2n) is 6.08. The monoisotopic (exact) mass is 393 g/mol. The fourth-order valence-electron chi connectivity index (χ4n) is 2.55. The van der Waals surface area contributed by atoms with Gasteiger partial charge in [-0.15, -0.1) is 10.2 Å². The Morgan fingerprint density at radius 1 is 1.04 bits per heavy atom. The van der Waals surface area contributed by atoms with Crippen molar-refractivity contribution in [1.29, 1.82) is 0 Å². The number of carbonyl (C=O) groups excluding carboxylic acids is 1. The molecule has 28 heavy (non-hydrogen) atoms. The molecule has 0 bridgehead atoms. The summed E-state index contributed by atoms with van der Waals surface area (Å²) in [5, 5.41) is 11.8. The smallest absolute Gasteiger partial charge is 0.336 e. The van der Waals surface area contributed by atoms with Gasteiger partial charge in [0.1, 0.15) is 5.58 Å². The average molecular weight is 393 g/mol. The summed E-state index contributed by atoms with van der Waals surface area (Å²) >= 11 is 1.16. The van der Waals surface area contributed by atoms with Gasteiger partial charge >= 0.3 is 5.63 Å². The minimum Gasteiger partial charge on any atom is -0.423 e.